The zero-order chi connectivity index (χ0) is 11.5. The molecule has 0 aromatic rings. The van der Waals surface area contributed by atoms with Crippen molar-refractivity contribution in [2.75, 3.05) is 0 Å². The molecule has 1 heteroatoms. The van der Waals surface area contributed by atoms with Gasteiger partial charge in [-0.2, -0.15) is 0 Å². The Bertz CT molecular complexity index is 168. The van der Waals surface area contributed by atoms with Crippen molar-refractivity contribution < 1.29 is 4.79 Å². The SMILES string of the molecule is C=CCCCCCC(=O)CC(CC)CC. The first kappa shape index (κ1) is 14.4. The van der Waals surface area contributed by atoms with Crippen LogP contribution in [0.25, 0.3) is 0 Å². The molecule has 0 aliphatic heterocycles. The summed E-state index contributed by atoms with van der Waals surface area (Å²) in [5, 5.41) is 0. The molecule has 0 aliphatic carbocycles. The van der Waals surface area contributed by atoms with Crippen LogP contribution < -0.4 is 0 Å². The molecule has 0 aliphatic rings. The molecular weight excluding hydrogens is 184 g/mol. The van der Waals surface area contributed by atoms with Crippen molar-refractivity contribution in [1.82, 2.24) is 0 Å². The number of unbranched alkanes of at least 4 members (excludes halogenated alkanes) is 3. The topological polar surface area (TPSA) is 17.1 Å². The largest absolute Gasteiger partial charge is 0.300 e. The molecule has 0 radical (unpaired) electrons. The first-order valence-corrected chi connectivity index (χ1v) is 6.37. The van der Waals surface area contributed by atoms with Gasteiger partial charge in [-0.25, -0.2) is 0 Å². The zero-order valence-electron chi connectivity index (χ0n) is 10.4. The number of rotatable bonds is 10. The van der Waals surface area contributed by atoms with E-state index in [4.69, 9.17) is 0 Å². The number of carbonyl (C=O) groups excluding carboxylic acids is 1. The van der Waals surface area contributed by atoms with Crippen molar-refractivity contribution in [3.8, 4) is 0 Å². The fourth-order valence-corrected chi connectivity index (χ4v) is 1.79. The molecule has 0 saturated carbocycles. The van der Waals surface area contributed by atoms with Gasteiger partial charge >= 0.3 is 0 Å². The predicted octanol–water partition coefficient (Wildman–Crippen LogP) is 4.52. The van der Waals surface area contributed by atoms with Gasteiger partial charge in [-0.15, -0.1) is 6.58 Å². The Hall–Kier alpha value is -0.590. The van der Waals surface area contributed by atoms with Crippen LogP contribution in [0.5, 0.6) is 0 Å². The third-order valence-corrected chi connectivity index (χ3v) is 3.03. The standard InChI is InChI=1S/C14H26O/c1-4-7-8-9-10-11-14(15)12-13(5-2)6-3/h4,13H,1,5-12H2,2-3H3. The molecule has 0 heterocycles. The second-order valence-electron chi connectivity index (χ2n) is 4.31. The van der Waals surface area contributed by atoms with E-state index < -0.39 is 0 Å². The molecular formula is C14H26O. The molecule has 0 unspecified atom stereocenters. The average Bonchev–Trinajstić information content (AvgIpc) is 2.25. The molecule has 0 N–H and O–H groups in total. The summed E-state index contributed by atoms with van der Waals surface area (Å²) in [6.07, 6.45) is 10.3. The van der Waals surface area contributed by atoms with E-state index in [0.717, 1.165) is 38.5 Å². The number of allylic oxidation sites excluding steroid dienone is 1. The van der Waals surface area contributed by atoms with Gasteiger partial charge in [0.05, 0.1) is 0 Å². The minimum absolute atomic E-state index is 0.460. The summed E-state index contributed by atoms with van der Waals surface area (Å²) >= 11 is 0. The number of hydrogen-bond donors (Lipinski definition) is 0. The van der Waals surface area contributed by atoms with E-state index in [-0.39, 0.29) is 0 Å². The van der Waals surface area contributed by atoms with Crippen LogP contribution in [0.1, 0.15) is 65.2 Å². The Morgan fingerprint density at radius 2 is 1.87 bits per heavy atom. The van der Waals surface area contributed by atoms with E-state index in [1.54, 1.807) is 0 Å². The van der Waals surface area contributed by atoms with E-state index in [1.165, 1.54) is 12.8 Å². The van der Waals surface area contributed by atoms with Gasteiger partial charge in [0.2, 0.25) is 0 Å². The Kier molecular flexibility index (Phi) is 9.55. The molecule has 0 rings (SSSR count). The van der Waals surface area contributed by atoms with E-state index in [0.29, 0.717) is 11.7 Å². The first-order valence-electron chi connectivity index (χ1n) is 6.37. The monoisotopic (exact) mass is 210 g/mol. The minimum Gasteiger partial charge on any atom is -0.300 e. The van der Waals surface area contributed by atoms with Crippen LogP contribution in [-0.4, -0.2) is 5.78 Å². The molecule has 0 aromatic carbocycles. The van der Waals surface area contributed by atoms with Crippen LogP contribution in [0.4, 0.5) is 0 Å². The van der Waals surface area contributed by atoms with Gasteiger partial charge in [-0.3, -0.25) is 4.79 Å². The van der Waals surface area contributed by atoms with Gasteiger partial charge in [0, 0.05) is 12.8 Å². The zero-order valence-corrected chi connectivity index (χ0v) is 10.4. The van der Waals surface area contributed by atoms with Crippen LogP contribution in [0, 0.1) is 5.92 Å². The maximum atomic E-state index is 11.6. The lowest BCUT2D eigenvalue weighted by molar-refractivity contribution is -0.120. The van der Waals surface area contributed by atoms with Gasteiger partial charge in [0.1, 0.15) is 5.78 Å². The van der Waals surface area contributed by atoms with Crippen molar-refractivity contribution in [2.45, 2.75) is 65.2 Å². The van der Waals surface area contributed by atoms with Crippen LogP contribution in [0.3, 0.4) is 0 Å². The number of carbonyl (C=O) groups is 1. The van der Waals surface area contributed by atoms with Crippen molar-refractivity contribution in [3.63, 3.8) is 0 Å². The first-order chi connectivity index (χ1) is 7.24. The Morgan fingerprint density at radius 3 is 2.40 bits per heavy atom. The quantitative estimate of drug-likeness (QED) is 0.383. The number of hydrogen-bond acceptors (Lipinski definition) is 1. The highest BCUT2D eigenvalue weighted by molar-refractivity contribution is 5.78. The second kappa shape index (κ2) is 9.95. The Balaban J connectivity index is 3.43. The van der Waals surface area contributed by atoms with Gasteiger partial charge in [0.25, 0.3) is 0 Å². The summed E-state index contributed by atoms with van der Waals surface area (Å²) < 4.78 is 0. The summed E-state index contributed by atoms with van der Waals surface area (Å²) in [6, 6.07) is 0. The van der Waals surface area contributed by atoms with Crippen LogP contribution in [0.2, 0.25) is 0 Å². The molecule has 0 atom stereocenters. The van der Waals surface area contributed by atoms with E-state index in [2.05, 4.69) is 20.4 Å². The van der Waals surface area contributed by atoms with Crippen LogP contribution in [-0.2, 0) is 4.79 Å². The predicted molar refractivity (Wildman–Crippen MR) is 67.0 cm³/mol. The summed E-state index contributed by atoms with van der Waals surface area (Å²) in [4.78, 5) is 11.6. The molecule has 0 fully saturated rings. The van der Waals surface area contributed by atoms with Crippen LogP contribution >= 0.6 is 0 Å². The minimum atomic E-state index is 0.460. The van der Waals surface area contributed by atoms with Gasteiger partial charge in [-0.1, -0.05) is 39.2 Å². The maximum Gasteiger partial charge on any atom is 0.133 e. The molecule has 0 saturated heterocycles. The fraction of sp³-hybridized carbons (Fsp3) is 0.786. The lowest BCUT2D eigenvalue weighted by Crippen LogP contribution is -2.06. The maximum absolute atomic E-state index is 11.6. The van der Waals surface area contributed by atoms with E-state index in [9.17, 15) is 4.79 Å². The molecule has 15 heavy (non-hydrogen) atoms. The summed E-state index contributed by atoms with van der Waals surface area (Å²) in [5.74, 6) is 1.08. The molecule has 0 bridgehead atoms. The normalized spacial score (nSPS) is 10.6. The molecule has 1 nitrogen and oxygen atoms in total. The average molecular weight is 210 g/mol. The molecule has 0 amide bonds. The Morgan fingerprint density at radius 1 is 1.20 bits per heavy atom. The van der Waals surface area contributed by atoms with Gasteiger partial charge in [-0.05, 0) is 25.2 Å². The highest BCUT2D eigenvalue weighted by Crippen LogP contribution is 2.15. The smallest absolute Gasteiger partial charge is 0.133 e. The highest BCUT2D eigenvalue weighted by atomic mass is 16.1. The number of ketones is 1. The molecule has 88 valence electrons. The van der Waals surface area contributed by atoms with Crippen molar-refractivity contribution in [1.29, 1.82) is 0 Å². The lowest BCUT2D eigenvalue weighted by atomic mass is 9.95. The molecule has 0 spiro atoms. The third-order valence-electron chi connectivity index (χ3n) is 3.03. The van der Waals surface area contributed by atoms with Crippen molar-refractivity contribution >= 4 is 5.78 Å². The second-order valence-corrected chi connectivity index (χ2v) is 4.31. The van der Waals surface area contributed by atoms with E-state index >= 15 is 0 Å². The summed E-state index contributed by atoms with van der Waals surface area (Å²) in [7, 11) is 0. The van der Waals surface area contributed by atoms with Gasteiger partial charge < -0.3 is 0 Å². The van der Waals surface area contributed by atoms with Crippen molar-refractivity contribution in [2.24, 2.45) is 5.92 Å². The van der Waals surface area contributed by atoms with Gasteiger partial charge in [0.15, 0.2) is 0 Å². The van der Waals surface area contributed by atoms with Crippen molar-refractivity contribution in [3.05, 3.63) is 12.7 Å². The third kappa shape index (κ3) is 8.41. The fourth-order valence-electron chi connectivity index (χ4n) is 1.79. The Labute approximate surface area is 95.0 Å². The summed E-state index contributed by atoms with van der Waals surface area (Å²) in [5.41, 5.74) is 0. The lowest BCUT2D eigenvalue weighted by Gasteiger charge is -2.10. The highest BCUT2D eigenvalue weighted by Gasteiger charge is 2.09. The van der Waals surface area contributed by atoms with Crippen LogP contribution in [0.15, 0.2) is 12.7 Å². The summed E-state index contributed by atoms with van der Waals surface area (Å²) in [6.45, 7) is 8.03. The molecule has 0 aromatic heterocycles. The van der Waals surface area contributed by atoms with E-state index in [1.807, 2.05) is 6.08 Å². The number of Topliss-reactive ketones (excluding diaryl/α,β-unsaturated/α-hetero) is 1.